The van der Waals surface area contributed by atoms with Crippen LogP contribution in [0.2, 0.25) is 5.02 Å². The first-order valence-electron chi connectivity index (χ1n) is 8.87. The fourth-order valence-electron chi connectivity index (χ4n) is 3.02. The lowest BCUT2D eigenvalue weighted by Gasteiger charge is -2.35. The van der Waals surface area contributed by atoms with Crippen molar-refractivity contribution in [2.75, 3.05) is 43.4 Å². The summed E-state index contributed by atoms with van der Waals surface area (Å²) in [5.41, 5.74) is 1.49. The van der Waals surface area contributed by atoms with Crippen LogP contribution in [0.3, 0.4) is 0 Å². The number of halogens is 2. The Hall–Kier alpha value is -1.61. The van der Waals surface area contributed by atoms with Gasteiger partial charge in [0.2, 0.25) is 10.0 Å². The van der Waals surface area contributed by atoms with Crippen molar-refractivity contribution in [1.29, 1.82) is 0 Å². The van der Waals surface area contributed by atoms with Crippen molar-refractivity contribution in [3.63, 3.8) is 0 Å². The molecule has 1 N–H and O–H groups in total. The topological polar surface area (TPSA) is 69.7 Å². The highest BCUT2D eigenvalue weighted by atomic mass is 79.9. The molecular formula is C19H21BrClN3O3S. The Morgan fingerprint density at radius 3 is 2.39 bits per heavy atom. The van der Waals surface area contributed by atoms with E-state index in [4.69, 9.17) is 11.6 Å². The molecule has 6 nitrogen and oxygen atoms in total. The van der Waals surface area contributed by atoms with Crippen molar-refractivity contribution in [3.8, 4) is 0 Å². The fourth-order valence-corrected chi connectivity index (χ4v) is 4.81. The Morgan fingerprint density at radius 2 is 1.75 bits per heavy atom. The van der Waals surface area contributed by atoms with E-state index in [2.05, 4.69) is 26.1 Å². The lowest BCUT2D eigenvalue weighted by Crippen LogP contribution is -2.50. The van der Waals surface area contributed by atoms with E-state index in [0.717, 1.165) is 10.2 Å². The molecule has 0 bridgehead atoms. The molecule has 28 heavy (non-hydrogen) atoms. The number of amides is 1. The number of nitrogens with zero attached hydrogens (tertiary/aromatic N) is 2. The highest BCUT2D eigenvalue weighted by Gasteiger charge is 2.27. The van der Waals surface area contributed by atoms with Gasteiger partial charge in [0, 0.05) is 53.5 Å². The normalized spacial score (nSPS) is 15.4. The van der Waals surface area contributed by atoms with Crippen molar-refractivity contribution in [3.05, 3.63) is 63.6 Å². The molecule has 2 aromatic carbocycles. The molecule has 1 heterocycles. The largest absolute Gasteiger partial charge is 0.369 e. The maximum Gasteiger partial charge on any atom is 0.251 e. The first kappa shape index (κ1) is 21.1. The third kappa shape index (κ3) is 5.47. The summed E-state index contributed by atoms with van der Waals surface area (Å²) in [5, 5.41) is 3.33. The third-order valence-corrected chi connectivity index (χ3v) is 7.19. The number of piperazine rings is 1. The number of anilines is 1. The molecule has 0 saturated carbocycles. The zero-order chi connectivity index (χ0) is 20.1. The van der Waals surface area contributed by atoms with E-state index in [9.17, 15) is 13.2 Å². The van der Waals surface area contributed by atoms with Crippen LogP contribution in [0.5, 0.6) is 0 Å². The molecule has 0 unspecified atom stereocenters. The van der Waals surface area contributed by atoms with Gasteiger partial charge in [0.25, 0.3) is 5.91 Å². The van der Waals surface area contributed by atoms with Gasteiger partial charge in [0.05, 0.1) is 5.75 Å². The quantitative estimate of drug-likeness (QED) is 0.681. The Morgan fingerprint density at radius 1 is 1.07 bits per heavy atom. The molecule has 1 saturated heterocycles. The van der Waals surface area contributed by atoms with Gasteiger partial charge < -0.3 is 10.2 Å². The van der Waals surface area contributed by atoms with Gasteiger partial charge in [-0.1, -0.05) is 33.6 Å². The number of carbonyl (C=O) groups excluding carboxylic acids is 1. The summed E-state index contributed by atoms with van der Waals surface area (Å²) in [6.45, 7) is 2.10. The van der Waals surface area contributed by atoms with E-state index in [1.165, 1.54) is 4.31 Å². The molecule has 3 rings (SSSR count). The second kappa shape index (κ2) is 9.26. The molecule has 1 aliphatic heterocycles. The molecule has 0 aromatic heterocycles. The molecule has 0 atom stereocenters. The van der Waals surface area contributed by atoms with Gasteiger partial charge in [-0.3, -0.25) is 4.79 Å². The van der Waals surface area contributed by atoms with Gasteiger partial charge >= 0.3 is 0 Å². The lowest BCUT2D eigenvalue weighted by atomic mass is 10.2. The Balaban J connectivity index is 1.49. The molecule has 1 amide bonds. The highest BCUT2D eigenvalue weighted by Crippen LogP contribution is 2.21. The summed E-state index contributed by atoms with van der Waals surface area (Å²) < 4.78 is 27.5. The Kier molecular flexibility index (Phi) is 6.98. The van der Waals surface area contributed by atoms with E-state index in [0.29, 0.717) is 36.8 Å². The van der Waals surface area contributed by atoms with E-state index in [-0.39, 0.29) is 18.2 Å². The number of carbonyl (C=O) groups is 1. The third-order valence-electron chi connectivity index (χ3n) is 4.56. The predicted molar refractivity (Wildman–Crippen MR) is 116 cm³/mol. The number of hydrogen-bond acceptors (Lipinski definition) is 4. The smallest absolute Gasteiger partial charge is 0.251 e. The summed E-state index contributed by atoms with van der Waals surface area (Å²) in [4.78, 5) is 14.2. The van der Waals surface area contributed by atoms with Crippen LogP contribution >= 0.6 is 27.5 Å². The molecule has 0 aliphatic carbocycles. The minimum absolute atomic E-state index is 0.0751. The monoisotopic (exact) mass is 485 g/mol. The lowest BCUT2D eigenvalue weighted by molar-refractivity contribution is 0.0956. The fraction of sp³-hybridized carbons (Fsp3) is 0.316. The van der Waals surface area contributed by atoms with Crippen LogP contribution in [0, 0.1) is 0 Å². The number of nitrogens with one attached hydrogen (secondary N) is 1. The molecule has 150 valence electrons. The summed E-state index contributed by atoms with van der Waals surface area (Å²) in [6.07, 6.45) is 0. The van der Waals surface area contributed by atoms with Crippen LogP contribution < -0.4 is 10.2 Å². The maximum atomic E-state index is 12.6. The maximum absolute atomic E-state index is 12.6. The zero-order valence-electron chi connectivity index (χ0n) is 15.1. The summed E-state index contributed by atoms with van der Waals surface area (Å²) in [7, 11) is -3.42. The average Bonchev–Trinajstić information content (AvgIpc) is 2.68. The van der Waals surface area contributed by atoms with Crippen molar-refractivity contribution >= 4 is 49.1 Å². The van der Waals surface area contributed by atoms with Crippen LogP contribution in [-0.2, 0) is 10.0 Å². The average molecular weight is 487 g/mol. The van der Waals surface area contributed by atoms with Gasteiger partial charge in [-0.15, -0.1) is 0 Å². The van der Waals surface area contributed by atoms with Crippen LogP contribution in [0.1, 0.15) is 10.4 Å². The Bertz CT molecular complexity index is 930. The first-order valence-corrected chi connectivity index (χ1v) is 11.7. The second-order valence-electron chi connectivity index (χ2n) is 6.44. The minimum Gasteiger partial charge on any atom is -0.369 e. The number of hydrogen-bond donors (Lipinski definition) is 1. The first-order chi connectivity index (χ1) is 13.3. The van der Waals surface area contributed by atoms with E-state index in [1.54, 1.807) is 24.3 Å². The minimum atomic E-state index is -3.42. The summed E-state index contributed by atoms with van der Waals surface area (Å²) in [6, 6.07) is 14.4. The van der Waals surface area contributed by atoms with Gasteiger partial charge in [-0.25, -0.2) is 8.42 Å². The van der Waals surface area contributed by atoms with E-state index >= 15 is 0 Å². The number of benzene rings is 2. The van der Waals surface area contributed by atoms with Crippen LogP contribution in [0.4, 0.5) is 5.69 Å². The Labute approximate surface area is 178 Å². The van der Waals surface area contributed by atoms with Crippen LogP contribution in [0.25, 0.3) is 0 Å². The van der Waals surface area contributed by atoms with Crippen LogP contribution in [0.15, 0.2) is 53.0 Å². The molecule has 1 aliphatic rings. The van der Waals surface area contributed by atoms with Crippen molar-refractivity contribution in [2.45, 2.75) is 0 Å². The molecule has 9 heteroatoms. The number of rotatable bonds is 6. The van der Waals surface area contributed by atoms with E-state index < -0.39 is 10.0 Å². The molecular weight excluding hydrogens is 466 g/mol. The van der Waals surface area contributed by atoms with Gasteiger partial charge in [0.15, 0.2) is 0 Å². The van der Waals surface area contributed by atoms with Crippen LogP contribution in [-0.4, -0.2) is 57.1 Å². The molecule has 0 radical (unpaired) electrons. The molecule has 2 aromatic rings. The molecule has 1 fully saturated rings. The van der Waals surface area contributed by atoms with Gasteiger partial charge in [-0.05, 0) is 42.5 Å². The highest BCUT2D eigenvalue weighted by molar-refractivity contribution is 9.10. The summed E-state index contributed by atoms with van der Waals surface area (Å²) in [5.74, 6) is -0.402. The number of sulfonamides is 1. The van der Waals surface area contributed by atoms with Crippen molar-refractivity contribution in [1.82, 2.24) is 9.62 Å². The standard InChI is InChI=1S/C19H21BrClN3O3S/c20-16-6-4-15(5-7-16)19(25)22-8-13-28(26,27)24-11-9-23(10-12-24)18-3-1-2-17(21)14-18/h1-7,14H,8-13H2,(H,22,25). The van der Waals surface area contributed by atoms with Gasteiger partial charge in [0.1, 0.15) is 0 Å². The predicted octanol–water partition coefficient (Wildman–Crippen LogP) is 2.98. The molecule has 0 spiro atoms. The van der Waals surface area contributed by atoms with Crippen molar-refractivity contribution < 1.29 is 13.2 Å². The SMILES string of the molecule is O=C(NCCS(=O)(=O)N1CCN(c2cccc(Cl)c2)CC1)c1ccc(Br)cc1. The van der Waals surface area contributed by atoms with Crippen molar-refractivity contribution in [2.24, 2.45) is 0 Å². The zero-order valence-corrected chi connectivity index (χ0v) is 18.3. The van der Waals surface area contributed by atoms with E-state index in [1.807, 2.05) is 24.3 Å². The van der Waals surface area contributed by atoms with Gasteiger partial charge in [-0.2, -0.15) is 4.31 Å². The second-order valence-corrected chi connectivity index (χ2v) is 9.89. The summed E-state index contributed by atoms with van der Waals surface area (Å²) >= 11 is 9.34.